The lowest BCUT2D eigenvalue weighted by atomic mass is 10.1. The third-order valence-corrected chi connectivity index (χ3v) is 3.40. The Balaban J connectivity index is 1.76. The van der Waals surface area contributed by atoms with Crippen LogP contribution < -0.4 is 5.32 Å². The number of carbonyl (C=O) groups is 1. The first-order valence-corrected chi connectivity index (χ1v) is 6.28. The van der Waals surface area contributed by atoms with Gasteiger partial charge in [0, 0.05) is 44.1 Å². The number of nitrogens with zero attached hydrogens (tertiary/aromatic N) is 3. The molecule has 0 saturated carbocycles. The monoisotopic (exact) mass is 256 g/mol. The maximum absolute atomic E-state index is 10.9. The van der Waals surface area contributed by atoms with Crippen molar-refractivity contribution in [1.82, 2.24) is 14.7 Å². The maximum Gasteiger partial charge on any atom is 0.210 e. The number of hydrogen-bond acceptors (Lipinski definition) is 3. The van der Waals surface area contributed by atoms with Crippen LogP contribution in [0.2, 0.25) is 0 Å². The molecule has 1 aliphatic rings. The Labute approximate surface area is 111 Å². The lowest BCUT2D eigenvalue weighted by Crippen LogP contribution is -2.13. The van der Waals surface area contributed by atoms with Crippen LogP contribution in [-0.4, -0.2) is 21.1 Å². The van der Waals surface area contributed by atoms with Crippen molar-refractivity contribution >= 4 is 12.1 Å². The van der Waals surface area contributed by atoms with Gasteiger partial charge in [0.15, 0.2) is 0 Å². The van der Waals surface area contributed by atoms with Crippen molar-refractivity contribution in [2.24, 2.45) is 7.05 Å². The molecule has 1 aromatic carbocycles. The molecule has 1 aromatic heterocycles. The van der Waals surface area contributed by atoms with Gasteiger partial charge in [-0.05, 0) is 17.2 Å². The van der Waals surface area contributed by atoms with Gasteiger partial charge in [0.2, 0.25) is 6.41 Å². The van der Waals surface area contributed by atoms with E-state index in [4.69, 9.17) is 0 Å². The number of rotatable bonds is 4. The van der Waals surface area contributed by atoms with E-state index in [0.29, 0.717) is 13.1 Å². The van der Waals surface area contributed by atoms with Crippen LogP contribution in [0.4, 0.5) is 5.69 Å². The van der Waals surface area contributed by atoms with Gasteiger partial charge in [0.1, 0.15) is 0 Å². The molecule has 0 radical (unpaired) electrons. The minimum absolute atomic E-state index is 0.690. The van der Waals surface area contributed by atoms with E-state index in [1.165, 1.54) is 11.1 Å². The molecule has 5 nitrogen and oxygen atoms in total. The summed E-state index contributed by atoms with van der Waals surface area (Å²) in [6.45, 7) is 2.14. The van der Waals surface area contributed by atoms with Gasteiger partial charge in [0.25, 0.3) is 0 Å². The Morgan fingerprint density at radius 2 is 2.32 bits per heavy atom. The van der Waals surface area contributed by atoms with Gasteiger partial charge in [-0.3, -0.25) is 9.48 Å². The molecule has 2 heterocycles. The third kappa shape index (κ3) is 2.31. The van der Waals surface area contributed by atoms with Crippen molar-refractivity contribution in [3.63, 3.8) is 0 Å². The number of amides is 1. The zero-order valence-corrected chi connectivity index (χ0v) is 10.8. The summed E-state index contributed by atoms with van der Waals surface area (Å²) in [6, 6.07) is 6.16. The molecule has 1 amide bonds. The standard InChI is InChI=1S/C14H16N4O/c1-17-7-11(6-16-17)5-15-14-4-2-3-12-8-18(10-19)9-13(12)14/h2-4,6-7,10,15H,5,8-9H2,1H3. The summed E-state index contributed by atoms with van der Waals surface area (Å²) in [7, 11) is 1.91. The number of benzene rings is 1. The number of carbonyl (C=O) groups excluding carboxylic acids is 1. The summed E-state index contributed by atoms with van der Waals surface area (Å²) in [4.78, 5) is 12.6. The van der Waals surface area contributed by atoms with Gasteiger partial charge in [-0.1, -0.05) is 12.1 Å². The molecular weight excluding hydrogens is 240 g/mol. The number of anilines is 1. The van der Waals surface area contributed by atoms with E-state index < -0.39 is 0 Å². The molecule has 0 saturated heterocycles. The lowest BCUT2D eigenvalue weighted by Gasteiger charge is -2.10. The predicted octanol–water partition coefficient (Wildman–Crippen LogP) is 1.50. The van der Waals surface area contributed by atoms with Crippen LogP contribution in [0.5, 0.6) is 0 Å². The largest absolute Gasteiger partial charge is 0.381 e. The molecule has 5 heteroatoms. The van der Waals surface area contributed by atoms with Crippen LogP contribution in [0.15, 0.2) is 30.6 Å². The quantitative estimate of drug-likeness (QED) is 0.843. The fraction of sp³-hybridized carbons (Fsp3) is 0.286. The van der Waals surface area contributed by atoms with Crippen molar-refractivity contribution in [1.29, 1.82) is 0 Å². The summed E-state index contributed by atoms with van der Waals surface area (Å²) in [6.07, 6.45) is 4.76. The number of nitrogens with one attached hydrogen (secondary N) is 1. The molecule has 0 aliphatic carbocycles. The molecule has 0 spiro atoms. The fourth-order valence-corrected chi connectivity index (χ4v) is 2.45. The van der Waals surface area contributed by atoms with Gasteiger partial charge in [-0.2, -0.15) is 5.10 Å². The van der Waals surface area contributed by atoms with E-state index >= 15 is 0 Å². The Kier molecular flexibility index (Phi) is 2.95. The SMILES string of the molecule is Cn1cc(CNc2cccc3c2CN(C=O)C3)cn1. The highest BCUT2D eigenvalue weighted by Gasteiger charge is 2.19. The smallest absolute Gasteiger partial charge is 0.210 e. The minimum Gasteiger partial charge on any atom is -0.381 e. The van der Waals surface area contributed by atoms with Crippen LogP contribution >= 0.6 is 0 Å². The zero-order valence-electron chi connectivity index (χ0n) is 10.8. The highest BCUT2D eigenvalue weighted by molar-refractivity contribution is 5.60. The first-order valence-electron chi connectivity index (χ1n) is 6.28. The molecule has 98 valence electrons. The third-order valence-electron chi connectivity index (χ3n) is 3.40. The summed E-state index contributed by atoms with van der Waals surface area (Å²) < 4.78 is 1.79. The van der Waals surface area contributed by atoms with Crippen LogP contribution in [-0.2, 0) is 31.5 Å². The van der Waals surface area contributed by atoms with Crippen molar-refractivity contribution in [2.45, 2.75) is 19.6 Å². The van der Waals surface area contributed by atoms with E-state index in [2.05, 4.69) is 22.5 Å². The summed E-state index contributed by atoms with van der Waals surface area (Å²) in [5.74, 6) is 0. The lowest BCUT2D eigenvalue weighted by molar-refractivity contribution is -0.118. The Bertz CT molecular complexity index is 605. The van der Waals surface area contributed by atoms with E-state index in [0.717, 1.165) is 24.2 Å². The number of hydrogen-bond donors (Lipinski definition) is 1. The van der Waals surface area contributed by atoms with Gasteiger partial charge >= 0.3 is 0 Å². The summed E-state index contributed by atoms with van der Waals surface area (Å²) in [5.41, 5.74) is 4.69. The van der Waals surface area contributed by atoms with E-state index in [1.807, 2.05) is 25.5 Å². The van der Waals surface area contributed by atoms with E-state index in [9.17, 15) is 4.79 Å². The molecule has 0 fully saturated rings. The van der Waals surface area contributed by atoms with Gasteiger partial charge < -0.3 is 10.2 Å². The maximum atomic E-state index is 10.9. The zero-order chi connectivity index (χ0) is 13.2. The van der Waals surface area contributed by atoms with E-state index in [-0.39, 0.29) is 0 Å². The summed E-state index contributed by atoms with van der Waals surface area (Å²) >= 11 is 0. The summed E-state index contributed by atoms with van der Waals surface area (Å²) in [5, 5.41) is 7.57. The van der Waals surface area contributed by atoms with Crippen LogP contribution in [0.3, 0.4) is 0 Å². The number of aryl methyl sites for hydroxylation is 1. The molecule has 1 aliphatic heterocycles. The molecule has 0 bridgehead atoms. The molecule has 2 aromatic rings. The first kappa shape index (κ1) is 11.8. The highest BCUT2D eigenvalue weighted by Crippen LogP contribution is 2.28. The van der Waals surface area contributed by atoms with Crippen molar-refractivity contribution in [3.05, 3.63) is 47.3 Å². The molecule has 0 unspecified atom stereocenters. The topological polar surface area (TPSA) is 50.2 Å². The van der Waals surface area contributed by atoms with Crippen LogP contribution in [0.1, 0.15) is 16.7 Å². The van der Waals surface area contributed by atoms with E-state index in [1.54, 1.807) is 9.58 Å². The van der Waals surface area contributed by atoms with Gasteiger partial charge in [0.05, 0.1) is 6.20 Å². The number of fused-ring (bicyclic) bond motifs is 1. The average molecular weight is 256 g/mol. The predicted molar refractivity (Wildman–Crippen MR) is 72.3 cm³/mol. The molecule has 3 rings (SSSR count). The Morgan fingerprint density at radius 3 is 3.05 bits per heavy atom. The molecule has 19 heavy (non-hydrogen) atoms. The second-order valence-electron chi connectivity index (χ2n) is 4.83. The Morgan fingerprint density at radius 1 is 1.42 bits per heavy atom. The number of aromatic nitrogens is 2. The Hall–Kier alpha value is -2.30. The van der Waals surface area contributed by atoms with Crippen LogP contribution in [0.25, 0.3) is 0 Å². The molecule has 0 atom stereocenters. The van der Waals surface area contributed by atoms with Crippen molar-refractivity contribution in [2.75, 3.05) is 5.32 Å². The first-order chi connectivity index (χ1) is 9.26. The van der Waals surface area contributed by atoms with Crippen molar-refractivity contribution < 1.29 is 4.79 Å². The normalized spacial score (nSPS) is 13.4. The molecule has 1 N–H and O–H groups in total. The van der Waals surface area contributed by atoms with Gasteiger partial charge in [-0.25, -0.2) is 0 Å². The molecular formula is C14H16N4O. The van der Waals surface area contributed by atoms with Gasteiger partial charge in [-0.15, -0.1) is 0 Å². The van der Waals surface area contributed by atoms with Crippen LogP contribution in [0, 0.1) is 0 Å². The average Bonchev–Trinajstić information content (AvgIpc) is 3.02. The fourth-order valence-electron chi connectivity index (χ4n) is 2.45. The minimum atomic E-state index is 0.690. The second-order valence-corrected chi connectivity index (χ2v) is 4.83. The van der Waals surface area contributed by atoms with Crippen molar-refractivity contribution in [3.8, 4) is 0 Å². The second kappa shape index (κ2) is 4.76. The highest BCUT2D eigenvalue weighted by atomic mass is 16.1.